The molecule has 1 aromatic heterocycles. The molecule has 1 amide bonds. The van der Waals surface area contributed by atoms with Crippen molar-refractivity contribution in [3.8, 4) is 6.07 Å². The smallest absolute Gasteiger partial charge is 0.231 e. The predicted molar refractivity (Wildman–Crippen MR) is 74.9 cm³/mol. The van der Waals surface area contributed by atoms with E-state index in [2.05, 4.69) is 16.4 Å². The van der Waals surface area contributed by atoms with Gasteiger partial charge in [-0.15, -0.1) is 0 Å². The number of amides is 1. The molecule has 0 radical (unpaired) electrons. The Balaban J connectivity index is 1.88. The molecule has 0 aromatic carbocycles. The molecule has 1 saturated carbocycles. The third-order valence-corrected chi connectivity index (χ3v) is 4.51. The Morgan fingerprint density at radius 2 is 2.47 bits per heavy atom. The highest BCUT2D eigenvalue weighted by molar-refractivity contribution is 8.00. The minimum atomic E-state index is -0.744. The van der Waals surface area contributed by atoms with Crippen LogP contribution in [0.5, 0.6) is 0 Å². The fourth-order valence-electron chi connectivity index (χ4n) is 1.82. The van der Waals surface area contributed by atoms with Crippen LogP contribution in [0.3, 0.4) is 0 Å². The first-order chi connectivity index (χ1) is 9.05. The molecular weight excluding hydrogens is 282 g/mol. The van der Waals surface area contributed by atoms with Gasteiger partial charge in [0.15, 0.2) is 0 Å². The molecule has 0 bridgehead atoms. The molecule has 0 aliphatic heterocycles. The van der Waals surface area contributed by atoms with Gasteiger partial charge in [0.05, 0.1) is 16.8 Å². The minimum Gasteiger partial charge on any atom is -0.337 e. The first kappa shape index (κ1) is 14.2. The van der Waals surface area contributed by atoms with Gasteiger partial charge in [-0.05, 0) is 37.8 Å². The number of carbonyl (C=O) groups excluding carboxylic acids is 1. The van der Waals surface area contributed by atoms with Crippen molar-refractivity contribution in [2.45, 2.75) is 30.3 Å². The van der Waals surface area contributed by atoms with Crippen LogP contribution < -0.4 is 5.32 Å². The average molecular weight is 296 g/mol. The maximum absolute atomic E-state index is 11.9. The van der Waals surface area contributed by atoms with E-state index in [1.165, 1.54) is 11.8 Å². The molecule has 1 aromatic rings. The van der Waals surface area contributed by atoms with Crippen molar-refractivity contribution in [1.29, 1.82) is 5.26 Å². The highest BCUT2D eigenvalue weighted by Gasteiger charge is 2.42. The van der Waals surface area contributed by atoms with Crippen molar-refractivity contribution in [2.75, 3.05) is 5.75 Å². The fraction of sp³-hybridized carbons (Fsp3) is 0.462. The first-order valence-electron chi connectivity index (χ1n) is 6.01. The van der Waals surface area contributed by atoms with Crippen LogP contribution in [0.2, 0.25) is 5.02 Å². The van der Waals surface area contributed by atoms with Crippen molar-refractivity contribution in [1.82, 2.24) is 10.3 Å². The Kier molecular flexibility index (Phi) is 4.33. The molecular formula is C13H14ClN3OS. The summed E-state index contributed by atoms with van der Waals surface area (Å²) in [4.78, 5) is 16.0. The molecule has 1 atom stereocenters. The van der Waals surface area contributed by atoms with Crippen LogP contribution in [0, 0.1) is 17.2 Å². The zero-order valence-electron chi connectivity index (χ0n) is 10.5. The van der Waals surface area contributed by atoms with Crippen molar-refractivity contribution in [3.05, 3.63) is 23.4 Å². The number of hydrogen-bond donors (Lipinski definition) is 1. The van der Waals surface area contributed by atoms with E-state index in [0.717, 1.165) is 12.8 Å². The van der Waals surface area contributed by atoms with Crippen molar-refractivity contribution in [3.63, 3.8) is 0 Å². The highest BCUT2D eigenvalue weighted by Crippen LogP contribution is 2.39. The summed E-state index contributed by atoms with van der Waals surface area (Å²) in [7, 11) is 0. The zero-order chi connectivity index (χ0) is 13.9. The molecule has 1 fully saturated rings. The van der Waals surface area contributed by atoms with E-state index in [1.807, 2.05) is 0 Å². The quantitative estimate of drug-likeness (QED) is 0.848. The van der Waals surface area contributed by atoms with Crippen molar-refractivity contribution in [2.24, 2.45) is 5.92 Å². The molecule has 1 N–H and O–H groups in total. The number of nitrogens with zero attached hydrogens (tertiary/aromatic N) is 2. The molecule has 1 unspecified atom stereocenters. The van der Waals surface area contributed by atoms with E-state index in [4.69, 9.17) is 16.9 Å². The summed E-state index contributed by atoms with van der Waals surface area (Å²) in [5, 5.41) is 13.1. The molecule has 0 saturated heterocycles. The van der Waals surface area contributed by atoms with Gasteiger partial charge < -0.3 is 5.32 Å². The second kappa shape index (κ2) is 5.81. The molecule has 1 aliphatic carbocycles. The van der Waals surface area contributed by atoms with E-state index >= 15 is 0 Å². The largest absolute Gasteiger partial charge is 0.337 e. The van der Waals surface area contributed by atoms with Gasteiger partial charge in [-0.2, -0.15) is 5.26 Å². The molecule has 6 heteroatoms. The van der Waals surface area contributed by atoms with Crippen LogP contribution in [0.25, 0.3) is 0 Å². The maximum Gasteiger partial charge on any atom is 0.231 e. The van der Waals surface area contributed by atoms with Crippen molar-refractivity contribution >= 4 is 29.3 Å². The van der Waals surface area contributed by atoms with Crippen LogP contribution in [-0.4, -0.2) is 22.2 Å². The second-order valence-electron chi connectivity index (χ2n) is 4.72. The van der Waals surface area contributed by atoms with E-state index in [9.17, 15) is 4.79 Å². The Morgan fingerprint density at radius 1 is 1.74 bits per heavy atom. The van der Waals surface area contributed by atoms with E-state index in [1.54, 1.807) is 25.3 Å². The number of thioether (sulfide) groups is 1. The highest BCUT2D eigenvalue weighted by atomic mass is 35.5. The lowest BCUT2D eigenvalue weighted by Gasteiger charge is -2.22. The van der Waals surface area contributed by atoms with E-state index in [-0.39, 0.29) is 17.6 Å². The Morgan fingerprint density at radius 3 is 3.05 bits per heavy atom. The van der Waals surface area contributed by atoms with Gasteiger partial charge in [-0.25, -0.2) is 4.98 Å². The van der Waals surface area contributed by atoms with E-state index < -0.39 is 5.54 Å². The number of rotatable bonds is 5. The number of aromatic nitrogens is 1. The number of nitriles is 1. The average Bonchev–Trinajstić information content (AvgIpc) is 3.22. The standard InChI is InChI=1S/C13H14ClN3OS/c1-13(8-15,9-4-5-9)17-11(18)7-19-12-10(14)3-2-6-16-12/h2-3,6,9H,4-5,7H2,1H3,(H,17,18). The number of carbonyl (C=O) groups is 1. The lowest BCUT2D eigenvalue weighted by atomic mass is 9.98. The predicted octanol–water partition coefficient (Wildman–Crippen LogP) is 2.64. The topological polar surface area (TPSA) is 65.8 Å². The van der Waals surface area contributed by atoms with Gasteiger partial charge in [-0.1, -0.05) is 23.4 Å². The van der Waals surface area contributed by atoms with Gasteiger partial charge in [0, 0.05) is 6.20 Å². The van der Waals surface area contributed by atoms with Crippen LogP contribution in [0.15, 0.2) is 23.4 Å². The molecule has 1 aliphatic rings. The van der Waals surface area contributed by atoms with Crippen LogP contribution in [0.1, 0.15) is 19.8 Å². The summed E-state index contributed by atoms with van der Waals surface area (Å²) in [5.74, 6) is 0.327. The van der Waals surface area contributed by atoms with E-state index in [0.29, 0.717) is 10.0 Å². The van der Waals surface area contributed by atoms with Crippen LogP contribution >= 0.6 is 23.4 Å². The lowest BCUT2D eigenvalue weighted by Crippen LogP contribution is -2.47. The third-order valence-electron chi connectivity index (χ3n) is 3.09. The summed E-state index contributed by atoms with van der Waals surface area (Å²) in [6, 6.07) is 5.67. The van der Waals surface area contributed by atoms with Gasteiger partial charge in [0.25, 0.3) is 0 Å². The number of pyridine rings is 1. The number of halogens is 1. The number of nitrogens with one attached hydrogen (secondary N) is 1. The molecule has 2 rings (SSSR count). The summed E-state index contributed by atoms with van der Waals surface area (Å²) in [6.07, 6.45) is 3.64. The molecule has 19 heavy (non-hydrogen) atoms. The molecule has 0 spiro atoms. The summed E-state index contributed by atoms with van der Waals surface area (Å²) < 4.78 is 0. The molecule has 100 valence electrons. The zero-order valence-corrected chi connectivity index (χ0v) is 12.1. The van der Waals surface area contributed by atoms with Crippen molar-refractivity contribution < 1.29 is 4.79 Å². The SMILES string of the molecule is CC(C#N)(NC(=O)CSc1ncccc1Cl)C1CC1. The Hall–Kier alpha value is -1.25. The first-order valence-corrected chi connectivity index (χ1v) is 7.37. The van der Waals surface area contributed by atoms with Gasteiger partial charge in [0.1, 0.15) is 10.6 Å². The lowest BCUT2D eigenvalue weighted by molar-refractivity contribution is -0.119. The third kappa shape index (κ3) is 3.62. The maximum atomic E-state index is 11.9. The molecule has 1 heterocycles. The normalized spacial score (nSPS) is 17.3. The monoisotopic (exact) mass is 295 g/mol. The van der Waals surface area contributed by atoms with Gasteiger partial charge >= 0.3 is 0 Å². The van der Waals surface area contributed by atoms with Crippen LogP contribution in [-0.2, 0) is 4.79 Å². The Labute approximate surface area is 121 Å². The summed E-state index contributed by atoms with van der Waals surface area (Å²) in [5.41, 5.74) is -0.744. The minimum absolute atomic E-state index is 0.164. The summed E-state index contributed by atoms with van der Waals surface area (Å²) >= 11 is 7.24. The fourth-order valence-corrected chi connectivity index (χ4v) is 2.79. The van der Waals surface area contributed by atoms with Gasteiger partial charge in [0.2, 0.25) is 5.91 Å². The molecule has 4 nitrogen and oxygen atoms in total. The van der Waals surface area contributed by atoms with Gasteiger partial charge in [-0.3, -0.25) is 4.79 Å². The number of hydrogen-bond acceptors (Lipinski definition) is 4. The second-order valence-corrected chi connectivity index (χ2v) is 6.09. The van der Waals surface area contributed by atoms with Crippen LogP contribution in [0.4, 0.5) is 0 Å². The summed E-state index contributed by atoms with van der Waals surface area (Å²) in [6.45, 7) is 1.78. The Bertz CT molecular complexity index is 527.